The summed E-state index contributed by atoms with van der Waals surface area (Å²) in [5, 5.41) is 67.6. The Kier molecular flexibility index (Phi) is 12.3. The van der Waals surface area contributed by atoms with Crippen LogP contribution in [0.3, 0.4) is 0 Å². The molecule has 2 aromatic carbocycles. The maximum absolute atomic E-state index is 12.2. The Bertz CT molecular complexity index is 1150. The normalized spacial score (nSPS) is 16.3. The standard InChI is InChI=1S/C30H44O12/c1-17(2)13-29(35,14-20-23(39-5)9-18(37-3)10-24(20)40-6)28(34)30(36,27(33)22(32)16-31)15-21-25(41-7)11-19(38-4)12-26(21)42-8/h9-12,22,27-28,31-36H,1,13-16H2,2-8H3/t22-,27+,28+,29?,30+/m0/s1. The molecule has 0 radical (unpaired) electrons. The summed E-state index contributed by atoms with van der Waals surface area (Å²) in [6.45, 7) is 4.54. The van der Waals surface area contributed by atoms with Crippen LogP contribution in [-0.2, 0) is 12.8 Å². The first-order valence-corrected chi connectivity index (χ1v) is 13.1. The molecule has 6 N–H and O–H groups in total. The number of methoxy groups -OCH3 is 6. The Morgan fingerprint density at radius 3 is 1.40 bits per heavy atom. The molecule has 0 heterocycles. The van der Waals surface area contributed by atoms with E-state index in [-0.39, 0.29) is 41.4 Å². The first kappa shape index (κ1) is 34.9. The lowest BCUT2D eigenvalue weighted by Crippen LogP contribution is -2.66. The molecule has 5 atom stereocenters. The predicted octanol–water partition coefficient (Wildman–Crippen LogP) is 1.03. The van der Waals surface area contributed by atoms with Crippen molar-refractivity contribution in [3.8, 4) is 34.5 Å². The van der Waals surface area contributed by atoms with Crippen LogP contribution in [-0.4, -0.2) is 109 Å². The minimum atomic E-state index is -2.70. The number of hydrogen-bond acceptors (Lipinski definition) is 12. The van der Waals surface area contributed by atoms with Crippen LogP contribution >= 0.6 is 0 Å². The van der Waals surface area contributed by atoms with Crippen LogP contribution in [0.1, 0.15) is 24.5 Å². The summed E-state index contributed by atoms with van der Waals surface area (Å²) < 4.78 is 32.6. The van der Waals surface area contributed by atoms with Gasteiger partial charge in [-0.05, 0) is 13.3 Å². The van der Waals surface area contributed by atoms with E-state index in [0.717, 1.165) is 0 Å². The summed E-state index contributed by atoms with van der Waals surface area (Å²) in [6.07, 6.45) is -7.46. The molecule has 0 saturated carbocycles. The van der Waals surface area contributed by atoms with Crippen LogP contribution in [0.4, 0.5) is 0 Å². The number of aliphatic hydroxyl groups is 6. The Balaban J connectivity index is 2.81. The summed E-state index contributed by atoms with van der Waals surface area (Å²) in [7, 11) is 8.45. The van der Waals surface area contributed by atoms with E-state index in [9.17, 15) is 30.6 Å². The van der Waals surface area contributed by atoms with Crippen molar-refractivity contribution < 1.29 is 59.1 Å². The summed E-state index contributed by atoms with van der Waals surface area (Å²) in [4.78, 5) is 0. The Hall–Kier alpha value is -3.26. The second-order valence-corrected chi connectivity index (χ2v) is 10.2. The maximum atomic E-state index is 12.2. The molecule has 0 aliphatic carbocycles. The maximum Gasteiger partial charge on any atom is 0.129 e. The lowest BCUT2D eigenvalue weighted by molar-refractivity contribution is -0.228. The third-order valence-corrected chi connectivity index (χ3v) is 7.23. The molecule has 2 rings (SSSR count). The molecular weight excluding hydrogens is 552 g/mol. The van der Waals surface area contributed by atoms with Gasteiger partial charge in [0.15, 0.2) is 0 Å². The van der Waals surface area contributed by atoms with Crippen LogP contribution in [0.5, 0.6) is 34.5 Å². The van der Waals surface area contributed by atoms with E-state index >= 15 is 0 Å². The van der Waals surface area contributed by atoms with E-state index in [1.54, 1.807) is 19.1 Å². The lowest BCUT2D eigenvalue weighted by Gasteiger charge is -2.46. The topological polar surface area (TPSA) is 177 Å². The zero-order chi connectivity index (χ0) is 31.8. The molecule has 2 aromatic rings. The fourth-order valence-corrected chi connectivity index (χ4v) is 5.13. The van der Waals surface area contributed by atoms with Gasteiger partial charge in [0, 0.05) is 48.2 Å². The van der Waals surface area contributed by atoms with Gasteiger partial charge in [-0.15, -0.1) is 6.58 Å². The highest BCUT2D eigenvalue weighted by molar-refractivity contribution is 5.53. The molecule has 1 unspecified atom stereocenters. The zero-order valence-electron chi connectivity index (χ0n) is 25.2. The van der Waals surface area contributed by atoms with Gasteiger partial charge in [0.05, 0.1) is 49.3 Å². The molecule has 236 valence electrons. The SMILES string of the molecule is C=C(C)CC(O)(Cc1c(OC)cc(OC)cc1OC)[C@@H](O)[C@@](O)(Cc1c(OC)cc(OC)cc1OC)[C@H](O)[C@@H](O)CO. The van der Waals surface area contributed by atoms with Crippen LogP contribution < -0.4 is 28.4 Å². The summed E-state index contributed by atoms with van der Waals surface area (Å²) in [6, 6.07) is 6.14. The molecule has 0 saturated heterocycles. The minimum absolute atomic E-state index is 0.171. The van der Waals surface area contributed by atoms with Gasteiger partial charge in [-0.3, -0.25) is 0 Å². The van der Waals surface area contributed by atoms with E-state index in [4.69, 9.17) is 28.4 Å². The van der Waals surface area contributed by atoms with Crippen LogP contribution in [0.15, 0.2) is 36.4 Å². The molecular formula is C30H44O12. The Labute approximate surface area is 246 Å². The second-order valence-electron chi connectivity index (χ2n) is 10.2. The van der Waals surface area contributed by atoms with Gasteiger partial charge >= 0.3 is 0 Å². The third kappa shape index (κ3) is 7.38. The molecule has 0 spiro atoms. The number of benzene rings is 2. The Morgan fingerprint density at radius 2 is 1.10 bits per heavy atom. The van der Waals surface area contributed by atoms with Gasteiger partial charge in [0.25, 0.3) is 0 Å². The molecule has 0 aromatic heterocycles. The monoisotopic (exact) mass is 596 g/mol. The second kappa shape index (κ2) is 14.8. The summed E-state index contributed by atoms with van der Waals surface area (Å²) >= 11 is 0. The molecule has 0 bridgehead atoms. The van der Waals surface area contributed by atoms with Crippen LogP contribution in [0, 0.1) is 0 Å². The zero-order valence-corrected chi connectivity index (χ0v) is 25.2. The van der Waals surface area contributed by atoms with Crippen LogP contribution in [0.25, 0.3) is 0 Å². The van der Waals surface area contributed by atoms with Crippen molar-refractivity contribution in [1.82, 2.24) is 0 Å². The van der Waals surface area contributed by atoms with E-state index in [2.05, 4.69) is 6.58 Å². The van der Waals surface area contributed by atoms with Crippen molar-refractivity contribution in [2.24, 2.45) is 0 Å². The van der Waals surface area contributed by atoms with Crippen molar-refractivity contribution in [3.63, 3.8) is 0 Å². The molecule has 0 amide bonds. The smallest absolute Gasteiger partial charge is 0.129 e. The van der Waals surface area contributed by atoms with E-state index in [1.807, 2.05) is 0 Å². The van der Waals surface area contributed by atoms with Gasteiger partial charge in [-0.25, -0.2) is 0 Å². The van der Waals surface area contributed by atoms with Gasteiger partial charge < -0.3 is 59.1 Å². The first-order valence-electron chi connectivity index (χ1n) is 13.1. The quantitative estimate of drug-likeness (QED) is 0.143. The number of rotatable bonds is 17. The molecule has 0 aliphatic rings. The molecule has 0 fully saturated rings. The van der Waals surface area contributed by atoms with Crippen molar-refractivity contribution >= 4 is 0 Å². The molecule has 0 aliphatic heterocycles. The summed E-state index contributed by atoms with van der Waals surface area (Å²) in [5.41, 5.74) is -4.00. The van der Waals surface area contributed by atoms with E-state index < -0.39 is 42.5 Å². The fourth-order valence-electron chi connectivity index (χ4n) is 5.13. The van der Waals surface area contributed by atoms with Crippen molar-refractivity contribution in [3.05, 3.63) is 47.5 Å². The predicted molar refractivity (Wildman–Crippen MR) is 154 cm³/mol. The highest BCUT2D eigenvalue weighted by Gasteiger charge is 2.55. The van der Waals surface area contributed by atoms with Crippen molar-refractivity contribution in [2.75, 3.05) is 49.3 Å². The molecule has 12 nitrogen and oxygen atoms in total. The van der Waals surface area contributed by atoms with Gasteiger partial charge in [-0.2, -0.15) is 0 Å². The highest BCUT2D eigenvalue weighted by Crippen LogP contribution is 2.44. The van der Waals surface area contributed by atoms with Crippen molar-refractivity contribution in [1.29, 1.82) is 0 Å². The largest absolute Gasteiger partial charge is 0.496 e. The highest BCUT2D eigenvalue weighted by atomic mass is 16.5. The average Bonchev–Trinajstić information content (AvgIpc) is 2.99. The molecule has 12 heteroatoms. The number of aliphatic hydroxyl groups excluding tert-OH is 4. The minimum Gasteiger partial charge on any atom is -0.496 e. The first-order chi connectivity index (χ1) is 19.8. The third-order valence-electron chi connectivity index (χ3n) is 7.23. The van der Waals surface area contributed by atoms with E-state index in [0.29, 0.717) is 22.6 Å². The van der Waals surface area contributed by atoms with Crippen LogP contribution in [0.2, 0.25) is 0 Å². The Morgan fingerprint density at radius 1 is 0.714 bits per heavy atom. The number of hydrogen-bond donors (Lipinski definition) is 6. The number of ether oxygens (including phenoxy) is 6. The van der Waals surface area contributed by atoms with Gasteiger partial charge in [-0.1, -0.05) is 5.57 Å². The van der Waals surface area contributed by atoms with Crippen molar-refractivity contribution in [2.45, 2.75) is 55.7 Å². The van der Waals surface area contributed by atoms with Gasteiger partial charge in [0.1, 0.15) is 64.0 Å². The molecule has 42 heavy (non-hydrogen) atoms. The lowest BCUT2D eigenvalue weighted by atomic mass is 9.70. The van der Waals surface area contributed by atoms with Gasteiger partial charge in [0.2, 0.25) is 0 Å². The van der Waals surface area contributed by atoms with E-state index in [1.165, 1.54) is 54.8 Å². The average molecular weight is 597 g/mol. The summed E-state index contributed by atoms with van der Waals surface area (Å²) in [5.74, 6) is 1.64. The fraction of sp³-hybridized carbons (Fsp3) is 0.533.